The predicted octanol–water partition coefficient (Wildman–Crippen LogP) is 3.59. The van der Waals surface area contributed by atoms with Gasteiger partial charge in [0.25, 0.3) is 10.0 Å². The molecule has 0 atom stereocenters. The maximum absolute atomic E-state index is 12.9. The quantitative estimate of drug-likeness (QED) is 0.535. The summed E-state index contributed by atoms with van der Waals surface area (Å²) in [4.78, 5) is 27.9. The van der Waals surface area contributed by atoms with E-state index in [0.29, 0.717) is 17.4 Å². The van der Waals surface area contributed by atoms with E-state index in [2.05, 4.69) is 19.2 Å². The largest absolute Gasteiger partial charge is 0.465 e. The second kappa shape index (κ2) is 8.46. The molecule has 1 saturated carbocycles. The third-order valence-electron chi connectivity index (χ3n) is 4.93. The molecule has 2 aromatic carbocycles. The lowest BCUT2D eigenvalue weighted by Gasteiger charge is -2.11. The van der Waals surface area contributed by atoms with Crippen molar-refractivity contribution in [3.63, 3.8) is 0 Å². The maximum Gasteiger partial charge on any atom is 0.337 e. The molecule has 0 bridgehead atoms. The topological polar surface area (TPSA) is 125 Å². The highest BCUT2D eigenvalue weighted by molar-refractivity contribution is 7.92. The van der Waals surface area contributed by atoms with Crippen molar-refractivity contribution in [2.75, 3.05) is 18.9 Å². The van der Waals surface area contributed by atoms with E-state index in [9.17, 15) is 18.0 Å². The molecule has 1 N–H and O–H groups in total. The zero-order valence-corrected chi connectivity index (χ0v) is 18.1. The Hall–Kier alpha value is -3.66. The summed E-state index contributed by atoms with van der Waals surface area (Å²) in [5.41, 5.74) is 0.859. The first-order valence-corrected chi connectivity index (χ1v) is 11.2. The minimum Gasteiger partial charge on any atom is -0.465 e. The van der Waals surface area contributed by atoms with Crippen LogP contribution in [0.2, 0.25) is 0 Å². The van der Waals surface area contributed by atoms with Gasteiger partial charge in [0, 0.05) is 17.2 Å². The number of sulfonamides is 1. The number of carbonyl (C=O) groups excluding carboxylic acids is 2. The first-order valence-electron chi connectivity index (χ1n) is 9.71. The highest BCUT2D eigenvalue weighted by Gasteiger charge is 2.28. The summed E-state index contributed by atoms with van der Waals surface area (Å²) in [5.74, 6) is 0.153. The number of nitrogens with one attached hydrogen (secondary N) is 1. The number of benzene rings is 2. The van der Waals surface area contributed by atoms with Crippen LogP contribution >= 0.6 is 0 Å². The Labute approximate surface area is 184 Å². The molecule has 1 aromatic heterocycles. The molecule has 3 aromatic rings. The van der Waals surface area contributed by atoms with Crippen LogP contribution < -0.4 is 4.72 Å². The van der Waals surface area contributed by atoms with Gasteiger partial charge >= 0.3 is 11.9 Å². The van der Waals surface area contributed by atoms with E-state index in [1.807, 2.05) is 0 Å². The number of aromatic nitrogens is 1. The van der Waals surface area contributed by atoms with Crippen molar-refractivity contribution in [1.82, 2.24) is 4.98 Å². The summed E-state index contributed by atoms with van der Waals surface area (Å²) in [6.45, 7) is 0. The molecule has 0 aliphatic heterocycles. The summed E-state index contributed by atoms with van der Waals surface area (Å²) >= 11 is 0. The van der Waals surface area contributed by atoms with Crippen molar-refractivity contribution in [1.29, 1.82) is 0 Å². The number of nitrogens with zero attached hydrogens (tertiary/aromatic N) is 1. The molecule has 4 rings (SSSR count). The number of hydrogen-bond donors (Lipinski definition) is 1. The van der Waals surface area contributed by atoms with Crippen LogP contribution in [0.3, 0.4) is 0 Å². The van der Waals surface area contributed by atoms with E-state index < -0.39 is 22.0 Å². The van der Waals surface area contributed by atoms with Gasteiger partial charge in [-0.05, 0) is 55.3 Å². The van der Waals surface area contributed by atoms with Crippen molar-refractivity contribution in [2.24, 2.45) is 0 Å². The van der Waals surface area contributed by atoms with E-state index in [1.165, 1.54) is 6.07 Å². The number of hydrogen-bond acceptors (Lipinski definition) is 8. The van der Waals surface area contributed by atoms with Crippen LogP contribution in [0.25, 0.3) is 11.3 Å². The fourth-order valence-corrected chi connectivity index (χ4v) is 4.21. The average molecular weight is 456 g/mol. The van der Waals surface area contributed by atoms with Gasteiger partial charge in [-0.3, -0.25) is 4.72 Å². The molecule has 0 amide bonds. The third-order valence-corrected chi connectivity index (χ3v) is 6.29. The van der Waals surface area contributed by atoms with Crippen LogP contribution in [0.4, 0.5) is 5.69 Å². The molecule has 1 heterocycles. The molecule has 0 saturated heterocycles. The van der Waals surface area contributed by atoms with Crippen LogP contribution in [0, 0.1) is 0 Å². The Balaban J connectivity index is 1.59. The van der Waals surface area contributed by atoms with Gasteiger partial charge in [0.05, 0.1) is 36.4 Å². The van der Waals surface area contributed by atoms with Crippen molar-refractivity contribution in [3.8, 4) is 11.3 Å². The van der Waals surface area contributed by atoms with E-state index in [-0.39, 0.29) is 16.0 Å². The molecule has 9 nitrogen and oxygen atoms in total. The van der Waals surface area contributed by atoms with E-state index >= 15 is 0 Å². The molecular weight excluding hydrogens is 436 g/mol. The van der Waals surface area contributed by atoms with E-state index in [0.717, 1.165) is 50.6 Å². The van der Waals surface area contributed by atoms with Crippen LogP contribution in [0.15, 0.2) is 58.0 Å². The van der Waals surface area contributed by atoms with Gasteiger partial charge in [0.15, 0.2) is 11.7 Å². The van der Waals surface area contributed by atoms with Crippen LogP contribution in [0.1, 0.15) is 45.4 Å². The van der Waals surface area contributed by atoms with E-state index in [1.54, 1.807) is 30.5 Å². The first-order chi connectivity index (χ1) is 15.3. The fourth-order valence-electron chi connectivity index (χ4n) is 3.08. The van der Waals surface area contributed by atoms with Gasteiger partial charge in [-0.25, -0.2) is 23.0 Å². The van der Waals surface area contributed by atoms with Gasteiger partial charge in [-0.15, -0.1) is 0 Å². The standard InChI is InChI=1S/C22H20N2O7S/c1-29-21(25)15-9-16(22(26)30-2)11-18(10-15)32(27,28)24-17-7-5-13(6-8-17)19-12-23-20(31-19)14-3-4-14/h5-12,14,24H,3-4H2,1-2H3. The lowest BCUT2D eigenvalue weighted by molar-refractivity contribution is 0.0598. The Morgan fingerprint density at radius 2 is 1.59 bits per heavy atom. The Morgan fingerprint density at radius 1 is 1.00 bits per heavy atom. The molecule has 0 radical (unpaired) electrons. The summed E-state index contributed by atoms with van der Waals surface area (Å²) in [6.07, 6.45) is 3.81. The Morgan fingerprint density at radius 3 is 2.12 bits per heavy atom. The van der Waals surface area contributed by atoms with Crippen molar-refractivity contribution in [2.45, 2.75) is 23.7 Å². The van der Waals surface area contributed by atoms with Gasteiger partial charge in [0.1, 0.15) is 0 Å². The number of methoxy groups -OCH3 is 2. The first kappa shape index (κ1) is 21.6. The number of rotatable bonds is 7. The minimum atomic E-state index is -4.12. The molecular formula is C22H20N2O7S. The lowest BCUT2D eigenvalue weighted by atomic mass is 10.1. The molecule has 0 spiro atoms. The summed E-state index contributed by atoms with van der Waals surface area (Å²) in [6, 6.07) is 10.0. The summed E-state index contributed by atoms with van der Waals surface area (Å²) in [5, 5.41) is 0. The van der Waals surface area contributed by atoms with Crippen LogP contribution in [-0.2, 0) is 19.5 Å². The number of carbonyl (C=O) groups is 2. The summed E-state index contributed by atoms with van der Waals surface area (Å²) < 4.78 is 43.3. The number of oxazole rings is 1. The zero-order chi connectivity index (χ0) is 22.9. The lowest BCUT2D eigenvalue weighted by Crippen LogP contribution is -2.16. The summed E-state index contributed by atoms with van der Waals surface area (Å²) in [7, 11) is -1.81. The molecule has 10 heteroatoms. The second-order valence-corrected chi connectivity index (χ2v) is 8.93. The van der Waals surface area contributed by atoms with Gasteiger partial charge in [0.2, 0.25) is 0 Å². The Bertz CT molecular complexity index is 1240. The number of anilines is 1. The minimum absolute atomic E-state index is 0.0945. The molecule has 1 aliphatic rings. The number of esters is 2. The molecule has 1 fully saturated rings. The predicted molar refractivity (Wildman–Crippen MR) is 114 cm³/mol. The molecule has 1 aliphatic carbocycles. The smallest absolute Gasteiger partial charge is 0.337 e. The maximum atomic E-state index is 12.9. The molecule has 0 unspecified atom stereocenters. The van der Waals surface area contributed by atoms with E-state index in [4.69, 9.17) is 4.42 Å². The fraction of sp³-hybridized carbons (Fsp3) is 0.227. The van der Waals surface area contributed by atoms with Gasteiger partial charge in [-0.1, -0.05) is 0 Å². The van der Waals surface area contributed by atoms with Crippen molar-refractivity contribution in [3.05, 3.63) is 65.7 Å². The zero-order valence-electron chi connectivity index (χ0n) is 17.3. The highest BCUT2D eigenvalue weighted by atomic mass is 32.2. The van der Waals surface area contributed by atoms with Gasteiger partial charge < -0.3 is 13.9 Å². The molecule has 166 valence electrons. The van der Waals surface area contributed by atoms with Crippen molar-refractivity contribution < 1.29 is 31.9 Å². The monoisotopic (exact) mass is 456 g/mol. The van der Waals surface area contributed by atoms with Gasteiger partial charge in [-0.2, -0.15) is 0 Å². The highest BCUT2D eigenvalue weighted by Crippen LogP contribution is 2.40. The molecule has 32 heavy (non-hydrogen) atoms. The van der Waals surface area contributed by atoms with Crippen LogP contribution in [-0.4, -0.2) is 39.6 Å². The average Bonchev–Trinajstić information content (AvgIpc) is 3.54. The van der Waals surface area contributed by atoms with Crippen molar-refractivity contribution >= 4 is 27.6 Å². The third kappa shape index (κ3) is 4.50. The normalized spacial score (nSPS) is 13.4. The second-order valence-electron chi connectivity index (χ2n) is 7.25. The number of ether oxygens (including phenoxy) is 2. The Kier molecular flexibility index (Phi) is 5.70. The SMILES string of the molecule is COC(=O)c1cc(C(=O)OC)cc(S(=O)(=O)Nc2ccc(-c3cnc(C4CC4)o3)cc2)c1. The van der Waals surface area contributed by atoms with Crippen LogP contribution in [0.5, 0.6) is 0 Å².